The van der Waals surface area contributed by atoms with Crippen molar-refractivity contribution in [2.75, 3.05) is 7.05 Å². The van der Waals surface area contributed by atoms with Gasteiger partial charge in [-0.2, -0.15) is 4.98 Å². The highest BCUT2D eigenvalue weighted by Crippen LogP contribution is 2.43. The van der Waals surface area contributed by atoms with E-state index in [1.54, 1.807) is 32.3 Å². The lowest BCUT2D eigenvalue weighted by Gasteiger charge is -2.29. The van der Waals surface area contributed by atoms with Gasteiger partial charge in [0.25, 0.3) is 11.6 Å². The van der Waals surface area contributed by atoms with Gasteiger partial charge >= 0.3 is 5.97 Å². The fourth-order valence-electron chi connectivity index (χ4n) is 4.24. The second-order valence-corrected chi connectivity index (χ2v) is 8.34. The van der Waals surface area contributed by atoms with Gasteiger partial charge < -0.3 is 14.9 Å². The number of nitro groups is 1. The third kappa shape index (κ3) is 5.09. The number of nitro benzene ring substituents is 1. The highest BCUT2D eigenvalue weighted by Gasteiger charge is 2.37. The van der Waals surface area contributed by atoms with Crippen molar-refractivity contribution >= 4 is 17.2 Å². The van der Waals surface area contributed by atoms with Crippen LogP contribution in [0.15, 0.2) is 70.3 Å². The molecule has 1 aromatic carbocycles. The van der Waals surface area contributed by atoms with Crippen molar-refractivity contribution in [1.29, 1.82) is 0 Å². The summed E-state index contributed by atoms with van der Waals surface area (Å²) in [5.41, 5.74) is 2.92. The maximum atomic E-state index is 12.2. The van der Waals surface area contributed by atoms with E-state index in [0.717, 1.165) is 5.56 Å². The van der Waals surface area contributed by atoms with Crippen LogP contribution in [0.5, 0.6) is 0 Å². The molecule has 11 nitrogen and oxygen atoms in total. The number of aromatic nitrogens is 3. The monoisotopic (exact) mass is 476 g/mol. The van der Waals surface area contributed by atoms with Crippen LogP contribution in [-0.2, 0) is 17.9 Å². The van der Waals surface area contributed by atoms with Crippen LogP contribution in [0.2, 0.25) is 0 Å². The SMILES string of the molecule is CC1=C(C(=O)O)C(c2cccc([N+](=O)[O-])c2)C(c2nc(CN(C)Cc3cccnc3)no2)=C(C)N1. The quantitative estimate of drug-likeness (QED) is 0.366. The summed E-state index contributed by atoms with van der Waals surface area (Å²) in [6, 6.07) is 9.76. The van der Waals surface area contributed by atoms with E-state index in [1.807, 2.05) is 24.1 Å². The van der Waals surface area contributed by atoms with E-state index in [1.165, 1.54) is 18.2 Å². The summed E-state index contributed by atoms with van der Waals surface area (Å²) in [4.78, 5) is 33.7. The number of carboxylic acid groups (broad SMARTS) is 1. The van der Waals surface area contributed by atoms with E-state index in [2.05, 4.69) is 20.4 Å². The van der Waals surface area contributed by atoms with Crippen molar-refractivity contribution in [3.63, 3.8) is 0 Å². The minimum Gasteiger partial charge on any atom is -0.478 e. The average Bonchev–Trinajstić information content (AvgIpc) is 3.26. The predicted octanol–water partition coefficient (Wildman–Crippen LogP) is 3.48. The molecule has 0 bridgehead atoms. The molecule has 11 heteroatoms. The molecule has 1 atom stereocenters. The average molecular weight is 476 g/mol. The second kappa shape index (κ2) is 9.85. The number of allylic oxidation sites excluding steroid dienone is 3. The minimum atomic E-state index is -1.15. The normalized spacial score (nSPS) is 15.9. The lowest BCUT2D eigenvalue weighted by molar-refractivity contribution is -0.384. The topological polar surface area (TPSA) is 148 Å². The zero-order chi connectivity index (χ0) is 25.1. The molecule has 1 unspecified atom stereocenters. The number of carbonyl (C=O) groups is 1. The molecule has 2 N–H and O–H groups in total. The first kappa shape index (κ1) is 23.8. The number of rotatable bonds is 8. The zero-order valence-corrected chi connectivity index (χ0v) is 19.4. The Kier molecular flexibility index (Phi) is 6.69. The molecule has 0 radical (unpaired) electrons. The van der Waals surface area contributed by atoms with Crippen molar-refractivity contribution in [3.8, 4) is 0 Å². The summed E-state index contributed by atoms with van der Waals surface area (Å²) in [7, 11) is 1.91. The highest BCUT2D eigenvalue weighted by atomic mass is 16.6. The summed E-state index contributed by atoms with van der Waals surface area (Å²) in [5, 5.41) is 28.5. The van der Waals surface area contributed by atoms with Gasteiger partial charge in [0, 0.05) is 48.0 Å². The van der Waals surface area contributed by atoms with E-state index < -0.39 is 16.8 Å². The van der Waals surface area contributed by atoms with Crippen LogP contribution < -0.4 is 5.32 Å². The number of benzene rings is 1. The minimum absolute atomic E-state index is 0.0551. The summed E-state index contributed by atoms with van der Waals surface area (Å²) in [6.07, 6.45) is 3.49. The van der Waals surface area contributed by atoms with Gasteiger partial charge in [-0.25, -0.2) is 4.79 Å². The fraction of sp³-hybridized carbons (Fsp3) is 0.250. The Labute approximate surface area is 200 Å². The van der Waals surface area contributed by atoms with Crippen LogP contribution >= 0.6 is 0 Å². The number of nitrogens with zero attached hydrogens (tertiary/aromatic N) is 5. The molecule has 0 aliphatic carbocycles. The lowest BCUT2D eigenvalue weighted by atomic mass is 9.80. The number of non-ortho nitro benzene ring substituents is 1. The molecule has 35 heavy (non-hydrogen) atoms. The number of dihydropyridines is 1. The Hall–Kier alpha value is -4.38. The summed E-state index contributed by atoms with van der Waals surface area (Å²) >= 11 is 0. The van der Waals surface area contributed by atoms with Gasteiger partial charge in [-0.3, -0.25) is 20.0 Å². The molecule has 0 spiro atoms. The van der Waals surface area contributed by atoms with Gasteiger partial charge in [-0.05, 0) is 38.1 Å². The Bertz CT molecular complexity index is 1330. The first-order valence-electron chi connectivity index (χ1n) is 10.8. The molecule has 4 rings (SSSR count). The Morgan fingerprint density at radius 3 is 2.71 bits per heavy atom. The Morgan fingerprint density at radius 2 is 2.03 bits per heavy atom. The van der Waals surface area contributed by atoms with Crippen LogP contribution in [0.1, 0.15) is 42.6 Å². The van der Waals surface area contributed by atoms with Crippen molar-refractivity contribution in [2.24, 2.45) is 0 Å². The molecular weight excluding hydrogens is 452 g/mol. The highest BCUT2D eigenvalue weighted by molar-refractivity contribution is 5.95. The molecular formula is C24H24N6O5. The lowest BCUT2D eigenvalue weighted by Crippen LogP contribution is -2.27. The molecule has 3 aromatic rings. The van der Waals surface area contributed by atoms with Crippen LogP contribution in [0.3, 0.4) is 0 Å². The van der Waals surface area contributed by atoms with Crippen LogP contribution in [0.25, 0.3) is 5.57 Å². The molecule has 2 aromatic heterocycles. The third-order valence-electron chi connectivity index (χ3n) is 5.69. The first-order chi connectivity index (χ1) is 16.7. The summed E-state index contributed by atoms with van der Waals surface area (Å²) in [5.74, 6) is -1.40. The van der Waals surface area contributed by atoms with Crippen LogP contribution in [-0.4, -0.2) is 43.1 Å². The van der Waals surface area contributed by atoms with Crippen molar-refractivity contribution in [2.45, 2.75) is 32.9 Å². The van der Waals surface area contributed by atoms with Crippen LogP contribution in [0.4, 0.5) is 5.69 Å². The first-order valence-corrected chi connectivity index (χ1v) is 10.8. The smallest absolute Gasteiger partial charge is 0.334 e. The molecule has 3 heterocycles. The zero-order valence-electron chi connectivity index (χ0n) is 19.4. The standard InChI is InChI=1S/C24H24N6O5/c1-14-20(23-27-19(28-35-23)13-29(3)12-16-6-5-9-25-11-16)22(21(24(31)32)15(2)26-14)17-7-4-8-18(10-17)30(33)34/h4-11,22,26H,12-13H2,1-3H3,(H,31,32). The van der Waals surface area contributed by atoms with Gasteiger partial charge in [-0.1, -0.05) is 23.4 Å². The van der Waals surface area contributed by atoms with Crippen LogP contribution in [0, 0.1) is 10.1 Å². The molecule has 180 valence electrons. The van der Waals surface area contributed by atoms with Crippen molar-refractivity contribution in [3.05, 3.63) is 98.7 Å². The largest absolute Gasteiger partial charge is 0.478 e. The van der Waals surface area contributed by atoms with E-state index in [-0.39, 0.29) is 17.2 Å². The molecule has 0 saturated carbocycles. The maximum absolute atomic E-state index is 12.2. The van der Waals surface area contributed by atoms with Gasteiger partial charge in [-0.15, -0.1) is 0 Å². The molecule has 1 aliphatic heterocycles. The van der Waals surface area contributed by atoms with E-state index in [0.29, 0.717) is 41.4 Å². The van der Waals surface area contributed by atoms with Crippen molar-refractivity contribution < 1.29 is 19.3 Å². The van der Waals surface area contributed by atoms with Crippen molar-refractivity contribution in [1.82, 2.24) is 25.3 Å². The van der Waals surface area contributed by atoms with Gasteiger partial charge in [0.2, 0.25) is 0 Å². The van der Waals surface area contributed by atoms with Gasteiger partial charge in [0.05, 0.1) is 23.0 Å². The summed E-state index contributed by atoms with van der Waals surface area (Å²) < 4.78 is 5.57. The molecule has 0 fully saturated rings. The summed E-state index contributed by atoms with van der Waals surface area (Å²) in [6.45, 7) is 4.45. The van der Waals surface area contributed by atoms with E-state index in [9.17, 15) is 20.0 Å². The molecule has 0 saturated heterocycles. The maximum Gasteiger partial charge on any atom is 0.334 e. The predicted molar refractivity (Wildman–Crippen MR) is 126 cm³/mol. The Balaban J connectivity index is 1.69. The molecule has 1 aliphatic rings. The third-order valence-corrected chi connectivity index (χ3v) is 5.69. The number of hydrogen-bond acceptors (Lipinski definition) is 9. The number of carboxylic acids is 1. The number of hydrogen-bond donors (Lipinski definition) is 2. The van der Waals surface area contributed by atoms with E-state index in [4.69, 9.17) is 4.52 Å². The fourth-order valence-corrected chi connectivity index (χ4v) is 4.24. The number of pyridine rings is 1. The van der Waals surface area contributed by atoms with E-state index >= 15 is 0 Å². The number of aliphatic carboxylic acids is 1. The number of nitrogens with one attached hydrogen (secondary N) is 1. The van der Waals surface area contributed by atoms with Gasteiger partial charge in [0.1, 0.15) is 0 Å². The van der Waals surface area contributed by atoms with Gasteiger partial charge in [0.15, 0.2) is 5.82 Å². The Morgan fingerprint density at radius 1 is 1.23 bits per heavy atom. The second-order valence-electron chi connectivity index (χ2n) is 8.34. The molecule has 0 amide bonds.